The normalized spacial score (nSPS) is 17.3. The van der Waals surface area contributed by atoms with Gasteiger partial charge in [0, 0.05) is 12.1 Å². The lowest BCUT2D eigenvalue weighted by molar-refractivity contribution is 0.112. The number of carbonyl (C=O) groups is 1. The first kappa shape index (κ1) is 14.8. The number of ether oxygens (including phenoxy) is 1. The summed E-state index contributed by atoms with van der Waals surface area (Å²) >= 11 is 0. The van der Waals surface area contributed by atoms with E-state index >= 15 is 0 Å². The Morgan fingerprint density at radius 2 is 2.04 bits per heavy atom. The van der Waals surface area contributed by atoms with Crippen molar-refractivity contribution >= 4 is 23.4 Å². The molecule has 0 spiro atoms. The number of para-hydroxylation sites is 2. The van der Waals surface area contributed by atoms with Crippen LogP contribution in [0.4, 0.5) is 6.01 Å². The first-order valence-corrected chi connectivity index (χ1v) is 8.14. The molecular weight excluding hydrogens is 304 g/mol. The average Bonchev–Trinajstić information content (AvgIpc) is 3.26. The lowest BCUT2D eigenvalue weighted by atomic mass is 10.2. The maximum absolute atomic E-state index is 10.7. The van der Waals surface area contributed by atoms with Crippen molar-refractivity contribution < 1.29 is 13.9 Å². The highest BCUT2D eigenvalue weighted by atomic mass is 16.5. The summed E-state index contributed by atoms with van der Waals surface area (Å²) < 4.78 is 11.8. The molecule has 4 rings (SSSR count). The van der Waals surface area contributed by atoms with Gasteiger partial charge >= 0.3 is 0 Å². The summed E-state index contributed by atoms with van der Waals surface area (Å²) in [5.74, 6) is 0.769. The zero-order chi connectivity index (χ0) is 16.4. The van der Waals surface area contributed by atoms with E-state index in [1.807, 2.05) is 36.4 Å². The fraction of sp³-hybridized carbons (Fsp3) is 0.263. The van der Waals surface area contributed by atoms with Gasteiger partial charge in [-0.2, -0.15) is 4.98 Å². The molecule has 1 aromatic heterocycles. The van der Waals surface area contributed by atoms with Crippen molar-refractivity contribution in [3.63, 3.8) is 0 Å². The van der Waals surface area contributed by atoms with Gasteiger partial charge in [-0.05, 0) is 49.2 Å². The summed E-state index contributed by atoms with van der Waals surface area (Å²) in [6, 6.07) is 15.9. The Morgan fingerprint density at radius 1 is 1.21 bits per heavy atom. The number of rotatable bonds is 5. The Kier molecular flexibility index (Phi) is 3.91. The van der Waals surface area contributed by atoms with Crippen molar-refractivity contribution in [2.75, 3.05) is 18.1 Å². The molecule has 3 aromatic rings. The van der Waals surface area contributed by atoms with Crippen molar-refractivity contribution in [2.45, 2.75) is 18.9 Å². The number of hydrogen-bond donors (Lipinski definition) is 0. The summed E-state index contributed by atoms with van der Waals surface area (Å²) in [6.07, 6.45) is 2.97. The maximum Gasteiger partial charge on any atom is 0.298 e. The van der Waals surface area contributed by atoms with Crippen LogP contribution < -0.4 is 9.64 Å². The van der Waals surface area contributed by atoms with Gasteiger partial charge in [0.2, 0.25) is 0 Å². The highest BCUT2D eigenvalue weighted by molar-refractivity contribution is 5.75. The van der Waals surface area contributed by atoms with Gasteiger partial charge < -0.3 is 14.1 Å². The summed E-state index contributed by atoms with van der Waals surface area (Å²) in [7, 11) is 0. The van der Waals surface area contributed by atoms with Crippen molar-refractivity contribution in [2.24, 2.45) is 0 Å². The molecular formula is C19H18N2O3. The molecule has 1 saturated heterocycles. The topological polar surface area (TPSA) is 55.6 Å². The summed E-state index contributed by atoms with van der Waals surface area (Å²) in [4.78, 5) is 17.5. The molecule has 0 amide bonds. The minimum absolute atomic E-state index is 0.240. The second-order valence-electron chi connectivity index (χ2n) is 5.95. The number of carbonyl (C=O) groups excluding carboxylic acids is 1. The molecule has 122 valence electrons. The van der Waals surface area contributed by atoms with Gasteiger partial charge in [-0.1, -0.05) is 12.1 Å². The average molecular weight is 322 g/mol. The van der Waals surface area contributed by atoms with E-state index in [-0.39, 0.29) is 6.04 Å². The lowest BCUT2D eigenvalue weighted by Crippen LogP contribution is -2.34. The fourth-order valence-electron chi connectivity index (χ4n) is 3.08. The number of hydrogen-bond acceptors (Lipinski definition) is 5. The van der Waals surface area contributed by atoms with E-state index in [1.165, 1.54) is 0 Å². The van der Waals surface area contributed by atoms with Crippen molar-refractivity contribution in [1.29, 1.82) is 0 Å². The number of benzene rings is 2. The van der Waals surface area contributed by atoms with Crippen LogP contribution in [0.2, 0.25) is 0 Å². The van der Waals surface area contributed by atoms with Crippen LogP contribution in [-0.2, 0) is 0 Å². The first-order chi connectivity index (χ1) is 11.8. The van der Waals surface area contributed by atoms with Gasteiger partial charge in [0.25, 0.3) is 6.01 Å². The molecule has 5 nitrogen and oxygen atoms in total. The molecule has 1 aliphatic rings. The summed E-state index contributed by atoms with van der Waals surface area (Å²) in [5, 5.41) is 0. The Bertz CT molecular complexity index is 808. The zero-order valence-corrected chi connectivity index (χ0v) is 13.2. The molecule has 0 aliphatic carbocycles. The highest BCUT2D eigenvalue weighted by Crippen LogP contribution is 2.28. The maximum atomic E-state index is 10.7. The number of oxazole rings is 1. The van der Waals surface area contributed by atoms with Gasteiger partial charge in [-0.3, -0.25) is 4.79 Å². The lowest BCUT2D eigenvalue weighted by Gasteiger charge is -2.22. The predicted molar refractivity (Wildman–Crippen MR) is 91.7 cm³/mol. The molecule has 0 bridgehead atoms. The second kappa shape index (κ2) is 6.35. The third-order valence-corrected chi connectivity index (χ3v) is 4.36. The van der Waals surface area contributed by atoms with E-state index < -0.39 is 0 Å². The predicted octanol–water partition coefficient (Wildman–Crippen LogP) is 3.69. The Labute approximate surface area is 139 Å². The van der Waals surface area contributed by atoms with Gasteiger partial charge in [0.15, 0.2) is 5.58 Å². The Balaban J connectivity index is 1.46. The molecule has 0 saturated carbocycles. The minimum Gasteiger partial charge on any atom is -0.491 e. The SMILES string of the molecule is O=Cc1ccc(OC[C@@H]2CCCN2c2nc3ccccc3o2)cc1. The van der Waals surface area contributed by atoms with Gasteiger partial charge in [-0.15, -0.1) is 0 Å². The van der Waals surface area contributed by atoms with E-state index in [4.69, 9.17) is 9.15 Å². The molecule has 1 fully saturated rings. The van der Waals surface area contributed by atoms with E-state index in [0.717, 1.165) is 42.5 Å². The van der Waals surface area contributed by atoms with Crippen LogP contribution in [0.25, 0.3) is 11.1 Å². The number of anilines is 1. The van der Waals surface area contributed by atoms with Gasteiger partial charge in [0.1, 0.15) is 24.2 Å². The van der Waals surface area contributed by atoms with E-state index in [2.05, 4.69) is 9.88 Å². The number of aldehydes is 1. The molecule has 1 aliphatic heterocycles. The minimum atomic E-state index is 0.240. The monoisotopic (exact) mass is 322 g/mol. The molecule has 2 aromatic carbocycles. The van der Waals surface area contributed by atoms with Crippen molar-refractivity contribution in [1.82, 2.24) is 4.98 Å². The van der Waals surface area contributed by atoms with E-state index in [9.17, 15) is 4.79 Å². The largest absolute Gasteiger partial charge is 0.491 e. The zero-order valence-electron chi connectivity index (χ0n) is 13.2. The van der Waals surface area contributed by atoms with Crippen LogP contribution >= 0.6 is 0 Å². The standard InChI is InChI=1S/C19H18N2O3/c22-12-14-7-9-16(10-8-14)23-13-15-4-3-11-21(15)19-20-17-5-1-2-6-18(17)24-19/h1-2,5-10,12,15H,3-4,11,13H2/t15-/m0/s1. The number of nitrogens with zero attached hydrogens (tertiary/aromatic N) is 2. The molecule has 2 heterocycles. The van der Waals surface area contributed by atoms with Crippen LogP contribution in [0.15, 0.2) is 52.9 Å². The van der Waals surface area contributed by atoms with Crippen LogP contribution in [0.1, 0.15) is 23.2 Å². The smallest absolute Gasteiger partial charge is 0.298 e. The van der Waals surface area contributed by atoms with Crippen molar-refractivity contribution in [3.05, 3.63) is 54.1 Å². The highest BCUT2D eigenvalue weighted by Gasteiger charge is 2.29. The third kappa shape index (κ3) is 2.85. The molecule has 24 heavy (non-hydrogen) atoms. The van der Waals surface area contributed by atoms with Gasteiger partial charge in [-0.25, -0.2) is 0 Å². The van der Waals surface area contributed by atoms with Crippen LogP contribution in [-0.4, -0.2) is 30.5 Å². The van der Waals surface area contributed by atoms with Gasteiger partial charge in [0.05, 0.1) is 6.04 Å². The quantitative estimate of drug-likeness (QED) is 0.671. The van der Waals surface area contributed by atoms with Crippen molar-refractivity contribution in [3.8, 4) is 5.75 Å². The number of aromatic nitrogens is 1. The third-order valence-electron chi connectivity index (χ3n) is 4.36. The second-order valence-corrected chi connectivity index (χ2v) is 5.95. The van der Waals surface area contributed by atoms with Crippen LogP contribution in [0.5, 0.6) is 5.75 Å². The molecule has 0 N–H and O–H groups in total. The molecule has 1 atom stereocenters. The number of fused-ring (bicyclic) bond motifs is 1. The molecule has 0 radical (unpaired) electrons. The van der Waals surface area contributed by atoms with Crippen LogP contribution in [0, 0.1) is 0 Å². The van der Waals surface area contributed by atoms with Crippen LogP contribution in [0.3, 0.4) is 0 Å². The Morgan fingerprint density at radius 3 is 2.83 bits per heavy atom. The molecule has 0 unspecified atom stereocenters. The Hall–Kier alpha value is -2.82. The van der Waals surface area contributed by atoms with E-state index in [1.54, 1.807) is 12.1 Å². The fourth-order valence-corrected chi connectivity index (χ4v) is 3.08. The molecule has 5 heteroatoms. The van der Waals surface area contributed by atoms with E-state index in [0.29, 0.717) is 18.2 Å². The summed E-state index contributed by atoms with van der Waals surface area (Å²) in [5.41, 5.74) is 2.34. The first-order valence-electron chi connectivity index (χ1n) is 8.14. The summed E-state index contributed by atoms with van der Waals surface area (Å²) in [6.45, 7) is 1.49.